The van der Waals surface area contributed by atoms with Crippen LogP contribution in [0.15, 0.2) is 48.5 Å². The maximum Gasteiger partial charge on any atom is 0.497 e. The number of halogens is 1. The van der Waals surface area contributed by atoms with Crippen molar-refractivity contribution in [1.29, 1.82) is 0 Å². The molecule has 1 aliphatic rings. The van der Waals surface area contributed by atoms with Gasteiger partial charge in [-0.05, 0) is 51.8 Å². The molecule has 2 aromatic rings. The van der Waals surface area contributed by atoms with Gasteiger partial charge in [-0.15, -0.1) is 0 Å². The van der Waals surface area contributed by atoms with Gasteiger partial charge < -0.3 is 14.0 Å². The van der Waals surface area contributed by atoms with Crippen molar-refractivity contribution >= 4 is 12.6 Å². The van der Waals surface area contributed by atoms with Crippen LogP contribution in [-0.2, 0) is 20.7 Å². The second kappa shape index (κ2) is 7.14. The van der Waals surface area contributed by atoms with E-state index in [1.54, 1.807) is 12.1 Å². The molecule has 1 aliphatic heterocycles. The number of hydrogen-bond acceptors (Lipinski definition) is 3. The van der Waals surface area contributed by atoms with Crippen LogP contribution in [-0.4, -0.2) is 18.3 Å². The van der Waals surface area contributed by atoms with Crippen molar-refractivity contribution in [3.63, 3.8) is 0 Å². The van der Waals surface area contributed by atoms with Crippen molar-refractivity contribution in [3.8, 4) is 0 Å². The Kier molecular flexibility index (Phi) is 5.24. The van der Waals surface area contributed by atoms with Crippen LogP contribution >= 0.6 is 0 Å². The lowest BCUT2D eigenvalue weighted by Gasteiger charge is -2.32. The monoisotopic (exact) mass is 356 g/mol. The van der Waals surface area contributed by atoms with Crippen LogP contribution in [0.25, 0.3) is 0 Å². The Morgan fingerprint density at radius 2 is 1.62 bits per heavy atom. The molecule has 1 fully saturated rings. The maximum absolute atomic E-state index is 14.4. The van der Waals surface area contributed by atoms with Crippen LogP contribution in [0.5, 0.6) is 0 Å². The molecule has 5 heteroatoms. The van der Waals surface area contributed by atoms with Gasteiger partial charge in [-0.2, -0.15) is 0 Å². The molecule has 0 saturated carbocycles. The molecule has 0 bridgehead atoms. The molecule has 3 nitrogen and oxygen atoms in total. The van der Waals surface area contributed by atoms with Crippen molar-refractivity contribution in [2.75, 3.05) is 0 Å². The zero-order valence-corrected chi connectivity index (χ0v) is 16.1. The van der Waals surface area contributed by atoms with E-state index in [-0.39, 0.29) is 11.9 Å². The SMILES string of the molecule is CC(OCc1ccc(F)c(B2OC(C)(C)C(C)(C)O2)c1)c1ccccc1. The molecule has 0 N–H and O–H groups in total. The summed E-state index contributed by atoms with van der Waals surface area (Å²) in [5, 5.41) is 0. The average Bonchev–Trinajstić information content (AvgIpc) is 2.82. The van der Waals surface area contributed by atoms with Gasteiger partial charge in [-0.1, -0.05) is 42.5 Å². The normalized spacial score (nSPS) is 19.5. The standard InChI is InChI=1S/C21H26BFO3/c1-15(17-9-7-6-8-10-17)24-14-16-11-12-19(23)18(13-16)22-25-20(2,3)21(4,5)26-22/h6-13,15H,14H2,1-5H3. The predicted molar refractivity (Wildman–Crippen MR) is 102 cm³/mol. The van der Waals surface area contributed by atoms with Crippen molar-refractivity contribution in [1.82, 2.24) is 0 Å². The summed E-state index contributed by atoms with van der Waals surface area (Å²) in [6.07, 6.45) is -0.0402. The van der Waals surface area contributed by atoms with E-state index >= 15 is 0 Å². The molecular formula is C21H26BFO3. The number of ether oxygens (including phenoxy) is 1. The summed E-state index contributed by atoms with van der Waals surface area (Å²) in [5.41, 5.74) is 1.41. The van der Waals surface area contributed by atoms with Gasteiger partial charge >= 0.3 is 7.12 Å². The van der Waals surface area contributed by atoms with Crippen molar-refractivity contribution < 1.29 is 18.4 Å². The molecule has 1 atom stereocenters. The molecule has 1 heterocycles. The van der Waals surface area contributed by atoms with Crippen LogP contribution in [0.4, 0.5) is 4.39 Å². The minimum atomic E-state index is -0.716. The largest absolute Gasteiger partial charge is 0.497 e. The van der Waals surface area contributed by atoms with E-state index in [9.17, 15) is 4.39 Å². The van der Waals surface area contributed by atoms with Crippen molar-refractivity contribution in [2.45, 2.75) is 58.5 Å². The molecule has 0 radical (unpaired) electrons. The van der Waals surface area contributed by atoms with Crippen LogP contribution in [0.1, 0.15) is 51.8 Å². The van der Waals surface area contributed by atoms with Crippen molar-refractivity contribution in [3.05, 3.63) is 65.5 Å². The molecule has 0 spiro atoms. The molecule has 1 unspecified atom stereocenters. The van der Waals surface area contributed by atoms with E-state index < -0.39 is 18.3 Å². The van der Waals surface area contributed by atoms with E-state index in [1.165, 1.54) is 6.07 Å². The molecule has 0 aromatic heterocycles. The number of rotatable bonds is 5. The third-order valence-corrected chi connectivity index (χ3v) is 5.34. The molecule has 3 rings (SSSR count). The quantitative estimate of drug-likeness (QED) is 0.743. The smallest absolute Gasteiger partial charge is 0.399 e. The molecule has 0 amide bonds. The highest BCUT2D eigenvalue weighted by atomic mass is 19.1. The lowest BCUT2D eigenvalue weighted by atomic mass is 9.78. The van der Waals surface area contributed by atoms with Crippen LogP contribution in [0.3, 0.4) is 0 Å². The average molecular weight is 356 g/mol. The molecular weight excluding hydrogens is 330 g/mol. The topological polar surface area (TPSA) is 27.7 Å². The minimum Gasteiger partial charge on any atom is -0.399 e. The first-order valence-electron chi connectivity index (χ1n) is 9.00. The molecule has 2 aromatic carbocycles. The van der Waals surface area contributed by atoms with Gasteiger partial charge in [0.15, 0.2) is 0 Å². The highest BCUT2D eigenvalue weighted by Gasteiger charge is 2.52. The van der Waals surface area contributed by atoms with E-state index in [0.717, 1.165) is 11.1 Å². The van der Waals surface area contributed by atoms with Gasteiger partial charge in [0.25, 0.3) is 0 Å². The van der Waals surface area contributed by atoms with Gasteiger partial charge in [0.2, 0.25) is 0 Å². The summed E-state index contributed by atoms with van der Waals surface area (Å²) < 4.78 is 32.3. The highest BCUT2D eigenvalue weighted by Crippen LogP contribution is 2.36. The minimum absolute atomic E-state index is 0.0402. The Balaban J connectivity index is 1.72. The van der Waals surface area contributed by atoms with Gasteiger partial charge in [0.1, 0.15) is 5.82 Å². The van der Waals surface area contributed by atoms with Crippen LogP contribution < -0.4 is 5.46 Å². The van der Waals surface area contributed by atoms with Gasteiger partial charge in [-0.25, -0.2) is 4.39 Å². The highest BCUT2D eigenvalue weighted by molar-refractivity contribution is 6.62. The Morgan fingerprint density at radius 1 is 1.00 bits per heavy atom. The third-order valence-electron chi connectivity index (χ3n) is 5.34. The first-order valence-corrected chi connectivity index (χ1v) is 9.00. The Hall–Kier alpha value is -1.69. The Bertz CT molecular complexity index is 745. The summed E-state index contributed by atoms with van der Waals surface area (Å²) in [4.78, 5) is 0. The number of hydrogen-bond donors (Lipinski definition) is 0. The summed E-state index contributed by atoms with van der Waals surface area (Å²) in [7, 11) is -0.716. The molecule has 138 valence electrons. The summed E-state index contributed by atoms with van der Waals surface area (Å²) in [6.45, 7) is 10.2. The summed E-state index contributed by atoms with van der Waals surface area (Å²) in [6, 6.07) is 15.0. The fourth-order valence-corrected chi connectivity index (χ4v) is 2.88. The lowest BCUT2D eigenvalue weighted by molar-refractivity contribution is 0.00578. The summed E-state index contributed by atoms with van der Waals surface area (Å²) >= 11 is 0. The molecule has 1 saturated heterocycles. The van der Waals surface area contributed by atoms with E-state index in [0.29, 0.717) is 12.1 Å². The predicted octanol–water partition coefficient (Wildman–Crippen LogP) is 4.40. The van der Waals surface area contributed by atoms with Crippen molar-refractivity contribution in [2.24, 2.45) is 0 Å². The third kappa shape index (κ3) is 3.85. The first-order chi connectivity index (χ1) is 12.2. The fraction of sp³-hybridized carbons (Fsp3) is 0.429. The Labute approximate surface area is 155 Å². The Morgan fingerprint density at radius 3 is 2.23 bits per heavy atom. The molecule has 26 heavy (non-hydrogen) atoms. The van der Waals surface area contributed by atoms with Crippen LogP contribution in [0, 0.1) is 5.82 Å². The van der Waals surface area contributed by atoms with Gasteiger partial charge in [0.05, 0.1) is 23.9 Å². The van der Waals surface area contributed by atoms with E-state index in [4.69, 9.17) is 14.0 Å². The van der Waals surface area contributed by atoms with E-state index in [2.05, 4.69) is 0 Å². The summed E-state index contributed by atoms with van der Waals surface area (Å²) in [5.74, 6) is -0.330. The van der Waals surface area contributed by atoms with Gasteiger partial charge in [-0.3, -0.25) is 0 Å². The maximum atomic E-state index is 14.4. The van der Waals surface area contributed by atoms with E-state index in [1.807, 2.05) is 65.0 Å². The second-order valence-corrected chi connectivity index (χ2v) is 7.81. The van der Waals surface area contributed by atoms with Gasteiger partial charge in [0, 0.05) is 5.46 Å². The zero-order valence-electron chi connectivity index (χ0n) is 16.1. The number of benzene rings is 2. The van der Waals surface area contributed by atoms with Crippen LogP contribution in [0.2, 0.25) is 0 Å². The zero-order chi connectivity index (χ0) is 18.9. The fourth-order valence-electron chi connectivity index (χ4n) is 2.88. The lowest BCUT2D eigenvalue weighted by Crippen LogP contribution is -2.41. The second-order valence-electron chi connectivity index (χ2n) is 7.81. The molecule has 0 aliphatic carbocycles. The first kappa shape index (κ1) is 19.1.